The van der Waals surface area contributed by atoms with Crippen LogP contribution < -0.4 is 0 Å². The molecular weight excluding hydrogens is 158 g/mol. The molecule has 0 N–H and O–H groups in total. The lowest BCUT2D eigenvalue weighted by atomic mass is 10.3. The first-order valence-corrected chi connectivity index (χ1v) is 4.60. The van der Waals surface area contributed by atoms with E-state index in [1.165, 1.54) is 49.8 Å². The standard InChI is InChI=1S/C9H20N.ClH/c1-3-4-7-10(2)8-5-6-9-10;/h3-9H2,1-2H3;1H/q+1;. The minimum Gasteiger partial charge on any atom is -0.326 e. The lowest BCUT2D eigenvalue weighted by Crippen LogP contribution is -2.41. The van der Waals surface area contributed by atoms with Crippen LogP contribution >= 0.6 is 12.4 Å². The van der Waals surface area contributed by atoms with Crippen molar-refractivity contribution in [1.29, 1.82) is 0 Å². The molecular formula is C9H21ClN+. The third kappa shape index (κ3) is 3.44. The van der Waals surface area contributed by atoms with Crippen molar-refractivity contribution in [2.75, 3.05) is 26.7 Å². The maximum atomic E-state index is 2.41. The molecule has 1 aliphatic heterocycles. The van der Waals surface area contributed by atoms with Gasteiger partial charge in [-0.25, -0.2) is 0 Å². The van der Waals surface area contributed by atoms with E-state index in [-0.39, 0.29) is 12.4 Å². The Morgan fingerprint density at radius 2 is 1.73 bits per heavy atom. The third-order valence-electron chi connectivity index (χ3n) is 2.70. The molecule has 0 atom stereocenters. The summed E-state index contributed by atoms with van der Waals surface area (Å²) >= 11 is 0. The predicted octanol–water partition coefficient (Wildman–Crippen LogP) is 2.45. The summed E-state index contributed by atoms with van der Waals surface area (Å²) in [5.74, 6) is 0. The van der Waals surface area contributed by atoms with E-state index in [1.807, 2.05) is 0 Å². The highest BCUT2D eigenvalue weighted by Gasteiger charge is 2.25. The summed E-state index contributed by atoms with van der Waals surface area (Å²) in [4.78, 5) is 0. The van der Waals surface area contributed by atoms with E-state index >= 15 is 0 Å². The van der Waals surface area contributed by atoms with Crippen LogP contribution in [0.3, 0.4) is 0 Å². The fourth-order valence-corrected chi connectivity index (χ4v) is 1.86. The van der Waals surface area contributed by atoms with Crippen LogP contribution in [0.2, 0.25) is 0 Å². The molecule has 0 aromatic rings. The maximum absolute atomic E-state index is 2.41. The predicted molar refractivity (Wildman–Crippen MR) is 52.2 cm³/mol. The van der Waals surface area contributed by atoms with Crippen LogP contribution in [0, 0.1) is 0 Å². The summed E-state index contributed by atoms with van der Waals surface area (Å²) in [6.07, 6.45) is 5.69. The van der Waals surface area contributed by atoms with Gasteiger partial charge in [-0.3, -0.25) is 0 Å². The van der Waals surface area contributed by atoms with Gasteiger partial charge in [-0.15, -0.1) is 12.4 Å². The van der Waals surface area contributed by atoms with Crippen molar-refractivity contribution in [2.45, 2.75) is 32.6 Å². The van der Waals surface area contributed by atoms with Crippen LogP contribution in [0.5, 0.6) is 0 Å². The van der Waals surface area contributed by atoms with Gasteiger partial charge in [0, 0.05) is 12.8 Å². The Hall–Kier alpha value is 0.250. The van der Waals surface area contributed by atoms with Gasteiger partial charge in [0.05, 0.1) is 26.7 Å². The summed E-state index contributed by atoms with van der Waals surface area (Å²) in [7, 11) is 2.41. The van der Waals surface area contributed by atoms with Crippen molar-refractivity contribution in [2.24, 2.45) is 0 Å². The topological polar surface area (TPSA) is 0 Å². The second-order valence-corrected chi connectivity index (χ2v) is 3.85. The Bertz CT molecular complexity index is 97.7. The normalized spacial score (nSPS) is 21.3. The Morgan fingerprint density at radius 3 is 2.18 bits per heavy atom. The Kier molecular flexibility index (Phi) is 5.11. The highest BCUT2D eigenvalue weighted by Crippen LogP contribution is 2.16. The van der Waals surface area contributed by atoms with Crippen LogP contribution in [0.25, 0.3) is 0 Å². The van der Waals surface area contributed by atoms with Gasteiger partial charge in [0.15, 0.2) is 0 Å². The summed E-state index contributed by atoms with van der Waals surface area (Å²) in [6.45, 7) is 6.55. The quantitative estimate of drug-likeness (QED) is 0.583. The molecule has 0 amide bonds. The fourth-order valence-electron chi connectivity index (χ4n) is 1.86. The average Bonchev–Trinajstić information content (AvgIpc) is 2.33. The van der Waals surface area contributed by atoms with Gasteiger partial charge in [-0.05, 0) is 6.42 Å². The highest BCUT2D eigenvalue weighted by atomic mass is 35.5. The maximum Gasteiger partial charge on any atom is 0.0786 e. The van der Waals surface area contributed by atoms with Gasteiger partial charge < -0.3 is 4.48 Å². The number of unbranched alkanes of at least 4 members (excludes halogenated alkanes) is 1. The summed E-state index contributed by atoms with van der Waals surface area (Å²) in [5.41, 5.74) is 0. The molecule has 0 spiro atoms. The van der Waals surface area contributed by atoms with Gasteiger partial charge >= 0.3 is 0 Å². The molecule has 68 valence electrons. The molecule has 1 aliphatic rings. The molecule has 0 radical (unpaired) electrons. The molecule has 1 saturated heterocycles. The third-order valence-corrected chi connectivity index (χ3v) is 2.70. The van der Waals surface area contributed by atoms with Gasteiger partial charge in [-0.2, -0.15) is 0 Å². The van der Waals surface area contributed by atoms with Crippen LogP contribution in [0.15, 0.2) is 0 Å². The molecule has 11 heavy (non-hydrogen) atoms. The molecule has 0 aromatic carbocycles. The minimum absolute atomic E-state index is 0. The molecule has 1 heterocycles. The largest absolute Gasteiger partial charge is 0.326 e. The number of rotatable bonds is 3. The second-order valence-electron chi connectivity index (χ2n) is 3.85. The second kappa shape index (κ2) is 5.00. The number of hydrogen-bond donors (Lipinski definition) is 0. The first kappa shape index (κ1) is 11.2. The SMILES string of the molecule is CCCC[N+]1(C)CCCC1.Cl. The lowest BCUT2D eigenvalue weighted by Gasteiger charge is -2.28. The zero-order chi connectivity index (χ0) is 7.45. The van der Waals surface area contributed by atoms with Gasteiger partial charge in [0.1, 0.15) is 0 Å². The number of likely N-dealkylation sites (tertiary alicyclic amines) is 1. The molecule has 1 fully saturated rings. The number of nitrogens with zero attached hydrogens (tertiary/aromatic N) is 1. The smallest absolute Gasteiger partial charge is 0.0786 e. The number of quaternary nitrogens is 1. The van der Waals surface area contributed by atoms with Crippen molar-refractivity contribution < 1.29 is 4.48 Å². The zero-order valence-electron chi connectivity index (χ0n) is 7.81. The Balaban J connectivity index is 0.000001000. The van der Waals surface area contributed by atoms with Crippen LogP contribution in [0.1, 0.15) is 32.6 Å². The van der Waals surface area contributed by atoms with E-state index in [1.54, 1.807) is 0 Å². The molecule has 1 nitrogen and oxygen atoms in total. The van der Waals surface area contributed by atoms with Crippen LogP contribution in [0.4, 0.5) is 0 Å². The van der Waals surface area contributed by atoms with Crippen molar-refractivity contribution in [3.8, 4) is 0 Å². The van der Waals surface area contributed by atoms with E-state index in [0.29, 0.717) is 0 Å². The highest BCUT2D eigenvalue weighted by molar-refractivity contribution is 5.85. The Morgan fingerprint density at radius 1 is 1.18 bits per heavy atom. The number of hydrogen-bond acceptors (Lipinski definition) is 0. The van der Waals surface area contributed by atoms with Crippen LogP contribution in [-0.4, -0.2) is 31.2 Å². The monoisotopic (exact) mass is 178 g/mol. The number of halogens is 1. The lowest BCUT2D eigenvalue weighted by molar-refractivity contribution is -0.897. The summed E-state index contributed by atoms with van der Waals surface area (Å²) < 4.78 is 1.36. The van der Waals surface area contributed by atoms with E-state index in [2.05, 4.69) is 14.0 Å². The Labute approximate surface area is 76.8 Å². The molecule has 0 aliphatic carbocycles. The fraction of sp³-hybridized carbons (Fsp3) is 1.00. The van der Waals surface area contributed by atoms with Crippen molar-refractivity contribution in [3.63, 3.8) is 0 Å². The molecule has 0 saturated carbocycles. The molecule has 0 bridgehead atoms. The van der Waals surface area contributed by atoms with Crippen molar-refractivity contribution >= 4 is 12.4 Å². The van der Waals surface area contributed by atoms with E-state index in [4.69, 9.17) is 0 Å². The van der Waals surface area contributed by atoms with Gasteiger partial charge in [0.2, 0.25) is 0 Å². The average molecular weight is 179 g/mol. The van der Waals surface area contributed by atoms with Gasteiger partial charge in [0.25, 0.3) is 0 Å². The molecule has 2 heteroatoms. The van der Waals surface area contributed by atoms with E-state index < -0.39 is 0 Å². The van der Waals surface area contributed by atoms with E-state index in [0.717, 1.165) is 0 Å². The van der Waals surface area contributed by atoms with Crippen molar-refractivity contribution in [3.05, 3.63) is 0 Å². The first-order chi connectivity index (χ1) is 4.77. The van der Waals surface area contributed by atoms with E-state index in [9.17, 15) is 0 Å². The molecule has 0 unspecified atom stereocenters. The molecule has 0 aromatic heterocycles. The molecule has 1 rings (SSSR count). The zero-order valence-corrected chi connectivity index (χ0v) is 8.62. The first-order valence-electron chi connectivity index (χ1n) is 4.60. The minimum atomic E-state index is 0. The van der Waals surface area contributed by atoms with Crippen LogP contribution in [-0.2, 0) is 0 Å². The van der Waals surface area contributed by atoms with Gasteiger partial charge in [-0.1, -0.05) is 13.3 Å². The summed E-state index contributed by atoms with van der Waals surface area (Å²) in [5, 5.41) is 0. The summed E-state index contributed by atoms with van der Waals surface area (Å²) in [6, 6.07) is 0. The van der Waals surface area contributed by atoms with Crippen molar-refractivity contribution in [1.82, 2.24) is 0 Å².